The highest BCUT2D eigenvalue weighted by atomic mass is 32.1. The van der Waals surface area contributed by atoms with Gasteiger partial charge in [0.25, 0.3) is 5.91 Å². The first-order chi connectivity index (χ1) is 15.1. The van der Waals surface area contributed by atoms with Crippen molar-refractivity contribution >= 4 is 22.4 Å². The van der Waals surface area contributed by atoms with Gasteiger partial charge in [-0.3, -0.25) is 10.1 Å². The normalized spacial score (nSPS) is 12.6. The smallest absolute Gasteiger partial charge is 0.298 e. The molecule has 0 radical (unpaired) electrons. The number of thiazole rings is 1. The van der Waals surface area contributed by atoms with Crippen LogP contribution < -0.4 is 5.32 Å². The predicted octanol–water partition coefficient (Wildman–Crippen LogP) is 7.32. The van der Waals surface area contributed by atoms with E-state index in [1.165, 1.54) is 0 Å². The summed E-state index contributed by atoms with van der Waals surface area (Å²) in [5.41, 5.74) is -2.58. The van der Waals surface area contributed by atoms with E-state index in [1.807, 2.05) is 51.1 Å². The van der Waals surface area contributed by atoms with E-state index in [0.717, 1.165) is 21.8 Å². The standard InChI is InChI=1S/C23H20F6N2OS/c1-21(2,3)18-17(9-13-7-5-4-6-8-13)33-20(30-18)31-19(32)14-10-15(22(24,25)26)12-16(11-14)23(27,28)29/h4-8,10-12H,9H2,1-3H3,(H,30,31,32). The molecule has 1 N–H and O–H groups in total. The molecule has 10 heteroatoms. The first kappa shape index (κ1) is 24.8. The molecule has 0 saturated carbocycles. The van der Waals surface area contributed by atoms with Crippen LogP contribution in [0.15, 0.2) is 48.5 Å². The Labute approximate surface area is 190 Å². The van der Waals surface area contributed by atoms with E-state index < -0.39 is 40.4 Å². The Bertz CT molecular complexity index is 1110. The number of aromatic nitrogens is 1. The van der Waals surface area contributed by atoms with Crippen molar-refractivity contribution in [2.45, 2.75) is 45.0 Å². The molecule has 33 heavy (non-hydrogen) atoms. The van der Waals surface area contributed by atoms with Crippen LogP contribution in [0.1, 0.15) is 58.4 Å². The second-order valence-corrected chi connectivity index (χ2v) is 9.54. The van der Waals surface area contributed by atoms with Gasteiger partial charge in [0.2, 0.25) is 0 Å². The Morgan fingerprint density at radius 3 is 1.94 bits per heavy atom. The monoisotopic (exact) mass is 486 g/mol. The molecule has 0 saturated heterocycles. The molecule has 1 heterocycles. The zero-order chi connectivity index (χ0) is 24.6. The van der Waals surface area contributed by atoms with E-state index >= 15 is 0 Å². The zero-order valence-electron chi connectivity index (χ0n) is 17.9. The molecular formula is C23H20F6N2OS. The summed E-state index contributed by atoms with van der Waals surface area (Å²) in [7, 11) is 0. The van der Waals surface area contributed by atoms with Crippen LogP contribution in [0.4, 0.5) is 31.5 Å². The summed E-state index contributed by atoms with van der Waals surface area (Å²) >= 11 is 1.14. The van der Waals surface area contributed by atoms with Gasteiger partial charge in [-0.2, -0.15) is 26.3 Å². The number of hydrogen-bond acceptors (Lipinski definition) is 3. The van der Waals surface area contributed by atoms with Gasteiger partial charge in [0.05, 0.1) is 16.8 Å². The molecule has 2 aromatic carbocycles. The number of nitrogens with zero attached hydrogens (tertiary/aromatic N) is 1. The Morgan fingerprint density at radius 1 is 0.909 bits per heavy atom. The van der Waals surface area contributed by atoms with Gasteiger partial charge in [0.15, 0.2) is 5.13 Å². The Balaban J connectivity index is 1.96. The number of anilines is 1. The van der Waals surface area contributed by atoms with Crippen LogP contribution in [0.2, 0.25) is 0 Å². The fraction of sp³-hybridized carbons (Fsp3) is 0.304. The molecule has 1 amide bonds. The number of carbonyl (C=O) groups excluding carboxylic acids is 1. The van der Waals surface area contributed by atoms with Crippen LogP contribution in [0, 0.1) is 0 Å². The number of benzene rings is 2. The highest BCUT2D eigenvalue weighted by molar-refractivity contribution is 7.16. The van der Waals surface area contributed by atoms with Crippen LogP contribution in [0.3, 0.4) is 0 Å². The fourth-order valence-corrected chi connectivity index (χ4v) is 4.35. The summed E-state index contributed by atoms with van der Waals surface area (Å²) in [6.45, 7) is 5.76. The van der Waals surface area contributed by atoms with Gasteiger partial charge in [-0.25, -0.2) is 4.98 Å². The van der Waals surface area contributed by atoms with Gasteiger partial charge in [0, 0.05) is 22.3 Å². The van der Waals surface area contributed by atoms with Crippen molar-refractivity contribution in [3.63, 3.8) is 0 Å². The van der Waals surface area contributed by atoms with Crippen molar-refractivity contribution in [3.05, 3.63) is 81.4 Å². The average molecular weight is 486 g/mol. The quantitative estimate of drug-likeness (QED) is 0.393. The Morgan fingerprint density at radius 2 is 1.45 bits per heavy atom. The SMILES string of the molecule is CC(C)(C)c1nc(NC(=O)c2cc(C(F)(F)F)cc(C(F)(F)F)c2)sc1Cc1ccccc1. The van der Waals surface area contributed by atoms with Gasteiger partial charge in [-0.15, -0.1) is 11.3 Å². The molecule has 0 aliphatic rings. The molecule has 3 rings (SSSR count). The minimum Gasteiger partial charge on any atom is -0.298 e. The van der Waals surface area contributed by atoms with Crippen molar-refractivity contribution in [2.24, 2.45) is 0 Å². The number of alkyl halides is 6. The number of rotatable bonds is 4. The molecule has 0 spiro atoms. The van der Waals surface area contributed by atoms with E-state index in [0.29, 0.717) is 24.2 Å². The molecule has 0 atom stereocenters. The van der Waals surface area contributed by atoms with Crippen molar-refractivity contribution in [1.29, 1.82) is 0 Å². The third kappa shape index (κ3) is 6.13. The lowest BCUT2D eigenvalue weighted by Crippen LogP contribution is -2.18. The molecule has 1 aromatic heterocycles. The number of amides is 1. The molecule has 0 aliphatic carbocycles. The summed E-state index contributed by atoms with van der Waals surface area (Å²) in [5.74, 6) is -1.10. The Kier molecular flexibility index (Phi) is 6.61. The van der Waals surface area contributed by atoms with E-state index in [2.05, 4.69) is 10.3 Å². The highest BCUT2D eigenvalue weighted by Gasteiger charge is 2.37. The lowest BCUT2D eigenvalue weighted by molar-refractivity contribution is -0.143. The summed E-state index contributed by atoms with van der Waals surface area (Å²) in [6.07, 6.45) is -9.57. The summed E-state index contributed by atoms with van der Waals surface area (Å²) in [4.78, 5) is 17.9. The molecule has 3 aromatic rings. The number of nitrogens with one attached hydrogen (secondary N) is 1. The third-order valence-corrected chi connectivity index (χ3v) is 5.66. The predicted molar refractivity (Wildman–Crippen MR) is 114 cm³/mol. The summed E-state index contributed by atoms with van der Waals surface area (Å²) in [6, 6.07) is 10.2. The molecule has 0 bridgehead atoms. The van der Waals surface area contributed by atoms with E-state index in [9.17, 15) is 31.1 Å². The van der Waals surface area contributed by atoms with Gasteiger partial charge in [0.1, 0.15) is 0 Å². The molecule has 0 fully saturated rings. The highest BCUT2D eigenvalue weighted by Crippen LogP contribution is 2.37. The van der Waals surface area contributed by atoms with Gasteiger partial charge in [-0.05, 0) is 23.8 Å². The van der Waals surface area contributed by atoms with Crippen molar-refractivity contribution < 1.29 is 31.1 Å². The second-order valence-electron chi connectivity index (χ2n) is 8.45. The van der Waals surface area contributed by atoms with E-state index in [1.54, 1.807) is 0 Å². The third-order valence-electron chi connectivity index (χ3n) is 4.69. The number of carbonyl (C=O) groups is 1. The van der Waals surface area contributed by atoms with Crippen LogP contribution in [-0.2, 0) is 24.2 Å². The van der Waals surface area contributed by atoms with Gasteiger partial charge < -0.3 is 0 Å². The van der Waals surface area contributed by atoms with Crippen LogP contribution in [0.25, 0.3) is 0 Å². The Hall–Kier alpha value is -2.88. The fourth-order valence-electron chi connectivity index (χ4n) is 3.15. The summed E-state index contributed by atoms with van der Waals surface area (Å²) < 4.78 is 78.7. The molecular weight excluding hydrogens is 466 g/mol. The van der Waals surface area contributed by atoms with Crippen LogP contribution in [-0.4, -0.2) is 10.9 Å². The largest absolute Gasteiger partial charge is 0.416 e. The van der Waals surface area contributed by atoms with Crippen LogP contribution >= 0.6 is 11.3 Å². The number of halogens is 6. The minimum atomic E-state index is -5.04. The van der Waals surface area contributed by atoms with Crippen molar-refractivity contribution in [2.75, 3.05) is 5.32 Å². The van der Waals surface area contributed by atoms with E-state index in [-0.39, 0.29) is 11.2 Å². The first-order valence-corrected chi connectivity index (χ1v) is 10.6. The molecule has 0 unspecified atom stereocenters. The van der Waals surface area contributed by atoms with E-state index in [4.69, 9.17) is 0 Å². The van der Waals surface area contributed by atoms with Crippen molar-refractivity contribution in [3.8, 4) is 0 Å². The van der Waals surface area contributed by atoms with Gasteiger partial charge in [-0.1, -0.05) is 51.1 Å². The maximum atomic E-state index is 13.1. The molecule has 3 nitrogen and oxygen atoms in total. The average Bonchev–Trinajstić information content (AvgIpc) is 3.09. The molecule has 176 valence electrons. The lowest BCUT2D eigenvalue weighted by atomic mass is 9.90. The minimum absolute atomic E-state index is 0.0180. The summed E-state index contributed by atoms with van der Waals surface area (Å²) in [5, 5.41) is 2.47. The maximum Gasteiger partial charge on any atom is 0.416 e. The zero-order valence-corrected chi connectivity index (χ0v) is 18.7. The van der Waals surface area contributed by atoms with Gasteiger partial charge >= 0.3 is 12.4 Å². The van der Waals surface area contributed by atoms with Crippen molar-refractivity contribution in [1.82, 2.24) is 4.98 Å². The molecule has 0 aliphatic heterocycles. The topological polar surface area (TPSA) is 42.0 Å². The first-order valence-electron chi connectivity index (χ1n) is 9.79. The van der Waals surface area contributed by atoms with Crippen LogP contribution in [0.5, 0.6) is 0 Å². The lowest BCUT2D eigenvalue weighted by Gasteiger charge is -2.17. The second kappa shape index (κ2) is 8.81. The number of hydrogen-bond donors (Lipinski definition) is 1. The maximum absolute atomic E-state index is 13.1.